The van der Waals surface area contributed by atoms with E-state index in [4.69, 9.17) is 0 Å². The summed E-state index contributed by atoms with van der Waals surface area (Å²) in [5, 5.41) is 17.2. The fourth-order valence-corrected chi connectivity index (χ4v) is 3.44. The van der Waals surface area contributed by atoms with Crippen LogP contribution in [0.3, 0.4) is 0 Å². The van der Waals surface area contributed by atoms with Gasteiger partial charge in [0.15, 0.2) is 0 Å². The van der Waals surface area contributed by atoms with Crippen molar-refractivity contribution in [2.45, 2.75) is 30.8 Å². The molecule has 1 fully saturated rings. The summed E-state index contributed by atoms with van der Waals surface area (Å²) in [7, 11) is 0. The molecule has 0 spiro atoms. The van der Waals surface area contributed by atoms with E-state index in [1.165, 1.54) is 0 Å². The van der Waals surface area contributed by atoms with Crippen molar-refractivity contribution in [3.63, 3.8) is 0 Å². The molecule has 3 rings (SSSR count). The van der Waals surface area contributed by atoms with Crippen LogP contribution in [0.15, 0.2) is 60.7 Å². The highest BCUT2D eigenvalue weighted by Crippen LogP contribution is 2.37. The molecule has 2 N–H and O–H groups in total. The first-order valence-electron chi connectivity index (χ1n) is 8.21. The Balaban J connectivity index is 1.98. The molecule has 1 heterocycles. The summed E-state index contributed by atoms with van der Waals surface area (Å²) in [6.07, 6.45) is 1.67. The normalized spacial score (nSPS) is 16.9. The van der Waals surface area contributed by atoms with E-state index < -0.39 is 5.41 Å². The summed E-state index contributed by atoms with van der Waals surface area (Å²) < 4.78 is 0. The first-order chi connectivity index (χ1) is 11.2. The number of hydrogen-bond donors (Lipinski definition) is 2. The van der Waals surface area contributed by atoms with E-state index in [1.807, 2.05) is 36.4 Å². The van der Waals surface area contributed by atoms with Crippen LogP contribution in [0.25, 0.3) is 0 Å². The molecule has 1 aliphatic rings. The standard InChI is InChI=1S/C20H23N3/c1-19(22-14-15-23-19)12-13-20(16-21,17-8-4-2-5-9-17)18-10-6-3-7-11-18/h2-11,22-23H,12-15H2,1H3. The molecule has 0 aromatic heterocycles. The SMILES string of the molecule is CC1(CCC(C#N)(c2ccccc2)c2ccccc2)NCCN1. The number of nitrogens with zero attached hydrogens (tertiary/aromatic N) is 1. The first kappa shape index (κ1) is 15.7. The van der Waals surface area contributed by atoms with Gasteiger partial charge in [-0.1, -0.05) is 60.7 Å². The van der Waals surface area contributed by atoms with Gasteiger partial charge in [0.05, 0.1) is 11.7 Å². The number of nitrogens with one attached hydrogen (secondary N) is 2. The maximum atomic E-state index is 10.2. The fourth-order valence-electron chi connectivity index (χ4n) is 3.44. The second-order valence-electron chi connectivity index (χ2n) is 6.43. The van der Waals surface area contributed by atoms with Crippen molar-refractivity contribution < 1.29 is 0 Å². The Labute approximate surface area is 138 Å². The third kappa shape index (κ3) is 3.14. The zero-order valence-corrected chi connectivity index (χ0v) is 13.5. The lowest BCUT2D eigenvalue weighted by atomic mass is 9.71. The molecule has 0 amide bonds. The molecule has 3 heteroatoms. The lowest BCUT2D eigenvalue weighted by molar-refractivity contribution is 0.315. The summed E-state index contributed by atoms with van der Waals surface area (Å²) in [5.74, 6) is 0. The summed E-state index contributed by atoms with van der Waals surface area (Å²) in [6.45, 7) is 4.14. The minimum absolute atomic E-state index is 0.0916. The number of nitriles is 1. The smallest absolute Gasteiger partial charge is 0.107 e. The van der Waals surface area contributed by atoms with Gasteiger partial charge < -0.3 is 0 Å². The molecule has 0 unspecified atom stereocenters. The Hall–Kier alpha value is -2.15. The Kier molecular flexibility index (Phi) is 4.47. The highest BCUT2D eigenvalue weighted by Gasteiger charge is 2.38. The van der Waals surface area contributed by atoms with Crippen LogP contribution in [0.4, 0.5) is 0 Å². The molecule has 3 nitrogen and oxygen atoms in total. The van der Waals surface area contributed by atoms with Crippen LogP contribution in [-0.2, 0) is 5.41 Å². The quantitative estimate of drug-likeness (QED) is 0.892. The second-order valence-corrected chi connectivity index (χ2v) is 6.43. The molecule has 0 saturated carbocycles. The van der Waals surface area contributed by atoms with E-state index in [1.54, 1.807) is 0 Å². The average molecular weight is 305 g/mol. The van der Waals surface area contributed by atoms with Crippen molar-refractivity contribution in [2.75, 3.05) is 13.1 Å². The van der Waals surface area contributed by atoms with Crippen molar-refractivity contribution >= 4 is 0 Å². The fraction of sp³-hybridized carbons (Fsp3) is 0.350. The van der Waals surface area contributed by atoms with Gasteiger partial charge in [-0.25, -0.2) is 0 Å². The third-order valence-electron chi connectivity index (χ3n) is 4.88. The van der Waals surface area contributed by atoms with Gasteiger partial charge in [0.25, 0.3) is 0 Å². The highest BCUT2D eigenvalue weighted by molar-refractivity contribution is 5.45. The number of rotatable bonds is 5. The molecular weight excluding hydrogens is 282 g/mol. The zero-order chi connectivity index (χ0) is 16.2. The maximum absolute atomic E-state index is 10.2. The van der Waals surface area contributed by atoms with Crippen LogP contribution in [0.5, 0.6) is 0 Å². The third-order valence-corrected chi connectivity index (χ3v) is 4.88. The van der Waals surface area contributed by atoms with Crippen LogP contribution in [-0.4, -0.2) is 18.8 Å². The first-order valence-corrected chi connectivity index (χ1v) is 8.21. The summed E-state index contributed by atoms with van der Waals surface area (Å²) in [4.78, 5) is 0. The minimum Gasteiger partial charge on any atom is -0.298 e. The van der Waals surface area contributed by atoms with Crippen molar-refractivity contribution in [2.24, 2.45) is 0 Å². The van der Waals surface area contributed by atoms with Gasteiger partial charge in [0.2, 0.25) is 0 Å². The van der Waals surface area contributed by atoms with Crippen molar-refractivity contribution in [3.8, 4) is 6.07 Å². The van der Waals surface area contributed by atoms with E-state index in [0.717, 1.165) is 37.1 Å². The van der Waals surface area contributed by atoms with Gasteiger partial charge in [-0.15, -0.1) is 0 Å². The van der Waals surface area contributed by atoms with Gasteiger partial charge >= 0.3 is 0 Å². The van der Waals surface area contributed by atoms with Crippen LogP contribution in [0, 0.1) is 11.3 Å². The molecule has 0 aliphatic carbocycles. The van der Waals surface area contributed by atoms with Gasteiger partial charge in [-0.3, -0.25) is 10.6 Å². The van der Waals surface area contributed by atoms with Crippen molar-refractivity contribution in [1.82, 2.24) is 10.6 Å². The van der Waals surface area contributed by atoms with Gasteiger partial charge in [-0.05, 0) is 30.9 Å². The van der Waals surface area contributed by atoms with Crippen LogP contribution >= 0.6 is 0 Å². The second kappa shape index (κ2) is 6.54. The predicted octanol–water partition coefficient (Wildman–Crippen LogP) is 3.19. The molecule has 118 valence electrons. The zero-order valence-electron chi connectivity index (χ0n) is 13.5. The van der Waals surface area contributed by atoms with E-state index in [9.17, 15) is 5.26 Å². The molecule has 0 bridgehead atoms. The average Bonchev–Trinajstić information content (AvgIpc) is 3.05. The Morgan fingerprint density at radius 2 is 1.43 bits per heavy atom. The minimum atomic E-state index is -0.614. The van der Waals surface area contributed by atoms with Crippen molar-refractivity contribution in [1.29, 1.82) is 5.26 Å². The Bertz CT molecular complexity index is 628. The predicted molar refractivity (Wildman–Crippen MR) is 92.9 cm³/mol. The Morgan fingerprint density at radius 3 is 1.87 bits per heavy atom. The van der Waals surface area contributed by atoms with Gasteiger partial charge in [-0.2, -0.15) is 5.26 Å². The summed E-state index contributed by atoms with van der Waals surface area (Å²) >= 11 is 0. The lowest BCUT2D eigenvalue weighted by Gasteiger charge is -2.33. The van der Waals surface area contributed by atoms with Gasteiger partial charge in [0.1, 0.15) is 5.41 Å². The van der Waals surface area contributed by atoms with Crippen LogP contribution in [0.1, 0.15) is 30.9 Å². The monoisotopic (exact) mass is 305 g/mol. The van der Waals surface area contributed by atoms with E-state index in [2.05, 4.69) is 47.9 Å². The van der Waals surface area contributed by atoms with E-state index in [-0.39, 0.29) is 5.66 Å². The number of hydrogen-bond acceptors (Lipinski definition) is 3. The molecule has 1 saturated heterocycles. The van der Waals surface area contributed by atoms with Crippen LogP contribution < -0.4 is 10.6 Å². The Morgan fingerprint density at radius 1 is 0.957 bits per heavy atom. The molecule has 1 aliphatic heterocycles. The van der Waals surface area contributed by atoms with Gasteiger partial charge in [0, 0.05) is 13.1 Å². The molecule has 0 radical (unpaired) electrons. The molecule has 23 heavy (non-hydrogen) atoms. The van der Waals surface area contributed by atoms with Crippen LogP contribution in [0.2, 0.25) is 0 Å². The molecule has 2 aromatic rings. The van der Waals surface area contributed by atoms with Crippen molar-refractivity contribution in [3.05, 3.63) is 71.8 Å². The summed E-state index contributed by atoms with van der Waals surface area (Å²) in [5.41, 5.74) is 1.42. The molecule has 2 aromatic carbocycles. The van der Waals surface area contributed by atoms with E-state index >= 15 is 0 Å². The lowest BCUT2D eigenvalue weighted by Crippen LogP contribution is -2.47. The van der Waals surface area contributed by atoms with E-state index in [0.29, 0.717) is 0 Å². The number of benzene rings is 2. The highest BCUT2D eigenvalue weighted by atomic mass is 15.2. The molecular formula is C20H23N3. The molecule has 0 atom stereocenters. The topological polar surface area (TPSA) is 47.9 Å². The largest absolute Gasteiger partial charge is 0.298 e. The maximum Gasteiger partial charge on any atom is 0.107 e. The summed E-state index contributed by atoms with van der Waals surface area (Å²) in [6, 6.07) is 22.9.